The largest absolute Gasteiger partial charge is 0.476 e. The van der Waals surface area contributed by atoms with Crippen molar-refractivity contribution in [1.82, 2.24) is 25.1 Å². The van der Waals surface area contributed by atoms with Crippen LogP contribution in [0.3, 0.4) is 0 Å². The molecule has 0 bridgehead atoms. The molecule has 2 rings (SSSR count). The van der Waals surface area contributed by atoms with Crippen LogP contribution in [0.2, 0.25) is 0 Å². The van der Waals surface area contributed by atoms with Crippen LogP contribution in [0.5, 0.6) is 0 Å². The number of aromatic carboxylic acids is 1. The van der Waals surface area contributed by atoms with Gasteiger partial charge in [0, 0.05) is 31.9 Å². The van der Waals surface area contributed by atoms with Crippen LogP contribution in [-0.2, 0) is 20.0 Å². The number of carboxylic acid groups (broad SMARTS) is 1. The topological polar surface area (TPSA) is 92.9 Å². The van der Waals surface area contributed by atoms with E-state index in [1.807, 2.05) is 7.05 Å². The maximum atomic E-state index is 10.6. The molecule has 0 aliphatic rings. The Kier molecular flexibility index (Phi) is 4.00. The van der Waals surface area contributed by atoms with Crippen LogP contribution >= 0.6 is 11.3 Å². The second-order valence-electron chi connectivity index (χ2n) is 3.71. The third-order valence-corrected chi connectivity index (χ3v) is 3.09. The number of rotatable bonds is 6. The molecular formula is C10H13N5O2S. The molecule has 0 unspecified atom stereocenters. The summed E-state index contributed by atoms with van der Waals surface area (Å²) >= 11 is 1.14. The highest BCUT2D eigenvalue weighted by molar-refractivity contribution is 7.11. The van der Waals surface area contributed by atoms with Gasteiger partial charge in [0.15, 0.2) is 5.82 Å². The minimum absolute atomic E-state index is 0.123. The lowest BCUT2D eigenvalue weighted by Gasteiger charge is -1.99. The highest BCUT2D eigenvalue weighted by atomic mass is 32.1. The summed E-state index contributed by atoms with van der Waals surface area (Å²) in [5, 5.41) is 17.9. The van der Waals surface area contributed by atoms with E-state index in [4.69, 9.17) is 5.11 Å². The lowest BCUT2D eigenvalue weighted by Crippen LogP contribution is -2.17. The van der Waals surface area contributed by atoms with Gasteiger partial charge in [-0.3, -0.25) is 4.68 Å². The van der Waals surface area contributed by atoms with Crippen LogP contribution in [0, 0.1) is 0 Å². The second-order valence-corrected chi connectivity index (χ2v) is 4.57. The van der Waals surface area contributed by atoms with E-state index >= 15 is 0 Å². The Balaban J connectivity index is 1.73. The van der Waals surface area contributed by atoms with Gasteiger partial charge in [0.25, 0.3) is 0 Å². The van der Waals surface area contributed by atoms with E-state index < -0.39 is 5.97 Å². The predicted octanol–water partition coefficient (Wildman–Crippen LogP) is 0.302. The summed E-state index contributed by atoms with van der Waals surface area (Å²) in [6, 6.07) is 0. The van der Waals surface area contributed by atoms with E-state index in [2.05, 4.69) is 20.4 Å². The minimum Gasteiger partial charge on any atom is -0.476 e. The number of nitrogens with zero attached hydrogens (tertiary/aromatic N) is 4. The SMILES string of the molecule is Cn1cnc(CCNCc2csc(C(=O)O)n2)n1. The van der Waals surface area contributed by atoms with Gasteiger partial charge < -0.3 is 10.4 Å². The molecule has 0 saturated heterocycles. The minimum atomic E-state index is -0.982. The molecule has 0 fully saturated rings. The van der Waals surface area contributed by atoms with Crippen LogP contribution in [-0.4, -0.2) is 37.4 Å². The molecule has 18 heavy (non-hydrogen) atoms. The molecule has 2 aromatic rings. The molecule has 0 spiro atoms. The van der Waals surface area contributed by atoms with E-state index in [9.17, 15) is 4.79 Å². The number of carbonyl (C=O) groups is 1. The molecule has 0 aliphatic carbocycles. The van der Waals surface area contributed by atoms with Crippen LogP contribution in [0.25, 0.3) is 0 Å². The van der Waals surface area contributed by atoms with Crippen molar-refractivity contribution in [2.45, 2.75) is 13.0 Å². The predicted molar refractivity (Wildman–Crippen MR) is 65.5 cm³/mol. The smallest absolute Gasteiger partial charge is 0.365 e. The zero-order chi connectivity index (χ0) is 13.0. The zero-order valence-electron chi connectivity index (χ0n) is 9.83. The Hall–Kier alpha value is -1.80. The molecule has 0 aliphatic heterocycles. The summed E-state index contributed by atoms with van der Waals surface area (Å²) in [4.78, 5) is 18.7. The van der Waals surface area contributed by atoms with Crippen molar-refractivity contribution in [2.75, 3.05) is 6.54 Å². The third kappa shape index (κ3) is 3.34. The van der Waals surface area contributed by atoms with Crippen LogP contribution in [0.4, 0.5) is 0 Å². The molecule has 2 N–H and O–H groups in total. The number of aromatic nitrogens is 4. The Morgan fingerprint density at radius 1 is 1.61 bits per heavy atom. The van der Waals surface area contributed by atoms with Crippen molar-refractivity contribution in [3.8, 4) is 0 Å². The van der Waals surface area contributed by atoms with Gasteiger partial charge in [-0.15, -0.1) is 11.3 Å². The van der Waals surface area contributed by atoms with Crippen molar-refractivity contribution in [1.29, 1.82) is 0 Å². The lowest BCUT2D eigenvalue weighted by molar-refractivity contribution is 0.0696. The Morgan fingerprint density at radius 2 is 2.44 bits per heavy atom. The Bertz CT molecular complexity index is 536. The fraction of sp³-hybridized carbons (Fsp3) is 0.400. The van der Waals surface area contributed by atoms with Gasteiger partial charge in [0.05, 0.1) is 5.69 Å². The maximum Gasteiger partial charge on any atom is 0.365 e. The van der Waals surface area contributed by atoms with Crippen molar-refractivity contribution in [3.63, 3.8) is 0 Å². The van der Waals surface area contributed by atoms with Crippen molar-refractivity contribution in [2.24, 2.45) is 7.05 Å². The number of nitrogens with one attached hydrogen (secondary N) is 1. The van der Waals surface area contributed by atoms with Gasteiger partial charge in [-0.25, -0.2) is 14.8 Å². The van der Waals surface area contributed by atoms with Gasteiger partial charge in [-0.1, -0.05) is 0 Å². The summed E-state index contributed by atoms with van der Waals surface area (Å²) in [6.07, 6.45) is 2.39. The number of hydrogen-bond donors (Lipinski definition) is 2. The highest BCUT2D eigenvalue weighted by Gasteiger charge is 2.08. The van der Waals surface area contributed by atoms with Crippen LogP contribution < -0.4 is 5.32 Å². The zero-order valence-corrected chi connectivity index (χ0v) is 10.6. The fourth-order valence-corrected chi connectivity index (χ4v) is 2.06. The van der Waals surface area contributed by atoms with Gasteiger partial charge >= 0.3 is 5.97 Å². The first-order chi connectivity index (χ1) is 8.65. The summed E-state index contributed by atoms with van der Waals surface area (Å²) in [6.45, 7) is 1.28. The van der Waals surface area contributed by atoms with E-state index in [1.165, 1.54) is 0 Å². The molecule has 0 amide bonds. The number of thiazole rings is 1. The molecule has 7 nitrogen and oxygen atoms in total. The molecule has 0 atom stereocenters. The van der Waals surface area contributed by atoms with E-state index in [0.717, 1.165) is 35.8 Å². The molecule has 2 heterocycles. The monoisotopic (exact) mass is 267 g/mol. The van der Waals surface area contributed by atoms with E-state index in [0.29, 0.717) is 6.54 Å². The first-order valence-corrected chi connectivity index (χ1v) is 6.26. The summed E-state index contributed by atoms with van der Waals surface area (Å²) in [5.41, 5.74) is 0.742. The van der Waals surface area contributed by atoms with Crippen LogP contribution in [0.1, 0.15) is 21.3 Å². The molecule has 8 heteroatoms. The van der Waals surface area contributed by atoms with Crippen molar-refractivity contribution >= 4 is 17.3 Å². The number of carboxylic acids is 1. The van der Waals surface area contributed by atoms with Gasteiger partial charge in [-0.2, -0.15) is 5.10 Å². The van der Waals surface area contributed by atoms with Gasteiger partial charge in [-0.05, 0) is 0 Å². The summed E-state index contributed by atoms with van der Waals surface area (Å²) in [7, 11) is 1.83. The lowest BCUT2D eigenvalue weighted by atomic mass is 10.4. The number of aryl methyl sites for hydroxylation is 1. The standard InChI is InChI=1S/C10H13N5O2S/c1-15-6-12-8(14-15)2-3-11-4-7-5-18-9(13-7)10(16)17/h5-6,11H,2-4H2,1H3,(H,16,17). The van der Waals surface area contributed by atoms with Crippen LogP contribution in [0.15, 0.2) is 11.7 Å². The average molecular weight is 267 g/mol. The molecule has 0 radical (unpaired) electrons. The molecular weight excluding hydrogens is 254 g/mol. The highest BCUT2D eigenvalue weighted by Crippen LogP contribution is 2.09. The maximum absolute atomic E-state index is 10.6. The van der Waals surface area contributed by atoms with Gasteiger partial charge in [0.2, 0.25) is 5.01 Å². The first-order valence-electron chi connectivity index (χ1n) is 5.38. The second kappa shape index (κ2) is 5.69. The number of hydrogen-bond acceptors (Lipinski definition) is 6. The summed E-state index contributed by atoms with van der Waals surface area (Å²) < 4.78 is 1.66. The molecule has 96 valence electrons. The normalized spacial score (nSPS) is 10.7. The van der Waals surface area contributed by atoms with Gasteiger partial charge in [0.1, 0.15) is 6.33 Å². The van der Waals surface area contributed by atoms with E-state index in [-0.39, 0.29) is 5.01 Å². The molecule has 0 aromatic carbocycles. The fourth-order valence-electron chi connectivity index (χ4n) is 1.40. The molecule has 2 aromatic heterocycles. The van der Waals surface area contributed by atoms with E-state index in [1.54, 1.807) is 16.4 Å². The Labute approximate surface area is 108 Å². The van der Waals surface area contributed by atoms with Crippen molar-refractivity contribution < 1.29 is 9.90 Å². The quantitative estimate of drug-likeness (QED) is 0.731. The average Bonchev–Trinajstić information content (AvgIpc) is 2.93. The van der Waals surface area contributed by atoms with Crippen molar-refractivity contribution in [3.05, 3.63) is 28.2 Å². The summed E-state index contributed by atoms with van der Waals surface area (Å²) in [5.74, 6) is -0.196. The first kappa shape index (κ1) is 12.7. The Morgan fingerprint density at radius 3 is 3.06 bits per heavy atom. The third-order valence-electron chi connectivity index (χ3n) is 2.21. The molecule has 0 saturated carbocycles.